The molecule has 1 aromatic carbocycles. The van der Waals surface area contributed by atoms with Gasteiger partial charge in [0.05, 0.1) is 24.6 Å². The minimum atomic E-state index is -0.244. The molecule has 4 heteroatoms. The lowest BCUT2D eigenvalue weighted by molar-refractivity contribution is -0.122. The number of ether oxygens (including phenoxy) is 1. The molecular formula is C17H19NO3. The molecule has 1 saturated heterocycles. The minimum Gasteiger partial charge on any atom is -0.495 e. The average molecular weight is 285 g/mol. The van der Waals surface area contributed by atoms with Crippen LogP contribution in [0.25, 0.3) is 0 Å². The van der Waals surface area contributed by atoms with Crippen LogP contribution in [-0.2, 0) is 9.59 Å². The molecule has 4 nitrogen and oxygen atoms in total. The molecule has 21 heavy (non-hydrogen) atoms. The average Bonchev–Trinajstić information content (AvgIpc) is 2.70. The number of amides is 2. The van der Waals surface area contributed by atoms with E-state index in [9.17, 15) is 9.59 Å². The van der Waals surface area contributed by atoms with Gasteiger partial charge in [-0.25, -0.2) is 4.90 Å². The van der Waals surface area contributed by atoms with Gasteiger partial charge in [-0.15, -0.1) is 0 Å². The Bertz CT molecular complexity index is 635. The maximum absolute atomic E-state index is 12.8. The van der Waals surface area contributed by atoms with E-state index in [1.807, 2.05) is 26.0 Å². The summed E-state index contributed by atoms with van der Waals surface area (Å²) in [7, 11) is 1.55. The largest absolute Gasteiger partial charge is 0.495 e. The number of imide groups is 1. The number of para-hydroxylation sites is 2. The van der Waals surface area contributed by atoms with Crippen molar-refractivity contribution in [3.63, 3.8) is 0 Å². The van der Waals surface area contributed by atoms with Gasteiger partial charge in [-0.2, -0.15) is 0 Å². The fraction of sp³-hybridized carbons (Fsp3) is 0.412. The Morgan fingerprint density at radius 3 is 2.62 bits per heavy atom. The van der Waals surface area contributed by atoms with Gasteiger partial charge in [0.15, 0.2) is 0 Å². The highest BCUT2D eigenvalue weighted by Gasteiger charge is 2.51. The third kappa shape index (κ3) is 2.06. The van der Waals surface area contributed by atoms with E-state index < -0.39 is 0 Å². The summed E-state index contributed by atoms with van der Waals surface area (Å²) >= 11 is 0. The zero-order valence-corrected chi connectivity index (χ0v) is 12.5. The number of hydrogen-bond donors (Lipinski definition) is 0. The van der Waals surface area contributed by atoms with Crippen LogP contribution in [0, 0.1) is 17.8 Å². The van der Waals surface area contributed by atoms with Crippen LogP contribution in [0.1, 0.15) is 20.3 Å². The Morgan fingerprint density at radius 1 is 1.19 bits per heavy atom. The number of benzene rings is 1. The molecule has 0 spiro atoms. The Morgan fingerprint density at radius 2 is 1.90 bits per heavy atom. The van der Waals surface area contributed by atoms with E-state index >= 15 is 0 Å². The molecule has 0 N–H and O–H groups in total. The number of nitrogens with zero attached hydrogens (tertiary/aromatic N) is 1. The van der Waals surface area contributed by atoms with Crippen molar-refractivity contribution >= 4 is 17.5 Å². The summed E-state index contributed by atoms with van der Waals surface area (Å²) in [5.41, 5.74) is 1.74. The first-order valence-electron chi connectivity index (χ1n) is 7.22. The molecule has 0 unspecified atom stereocenters. The number of methoxy groups -OCH3 is 1. The molecule has 1 aliphatic heterocycles. The predicted molar refractivity (Wildman–Crippen MR) is 80.0 cm³/mol. The Labute approximate surface area is 124 Å². The van der Waals surface area contributed by atoms with Gasteiger partial charge in [-0.1, -0.05) is 30.7 Å². The van der Waals surface area contributed by atoms with Gasteiger partial charge in [0.25, 0.3) is 0 Å². The van der Waals surface area contributed by atoms with Crippen molar-refractivity contribution in [2.24, 2.45) is 17.8 Å². The Balaban J connectivity index is 2.03. The first-order valence-corrected chi connectivity index (χ1v) is 7.22. The molecule has 1 fully saturated rings. The van der Waals surface area contributed by atoms with E-state index in [1.54, 1.807) is 19.2 Å². The molecule has 1 heterocycles. The SMILES string of the molecule is COc1ccccc1N1C(=O)[C@H]2[C@@H](C)C=C(C)C[C@H]2C1=O. The lowest BCUT2D eigenvalue weighted by Crippen LogP contribution is -2.31. The second-order valence-electron chi connectivity index (χ2n) is 5.89. The minimum absolute atomic E-state index is 0.0971. The van der Waals surface area contributed by atoms with Gasteiger partial charge in [-0.05, 0) is 31.4 Å². The molecule has 1 aromatic rings. The number of carbonyl (C=O) groups is 2. The quantitative estimate of drug-likeness (QED) is 0.620. The van der Waals surface area contributed by atoms with Crippen molar-refractivity contribution in [2.45, 2.75) is 20.3 Å². The van der Waals surface area contributed by atoms with Crippen molar-refractivity contribution in [3.05, 3.63) is 35.9 Å². The molecule has 0 saturated carbocycles. The van der Waals surface area contributed by atoms with Crippen molar-refractivity contribution in [1.82, 2.24) is 0 Å². The topological polar surface area (TPSA) is 46.6 Å². The highest BCUT2D eigenvalue weighted by atomic mass is 16.5. The zero-order chi connectivity index (χ0) is 15.1. The lowest BCUT2D eigenvalue weighted by Gasteiger charge is -2.25. The normalized spacial score (nSPS) is 28.4. The smallest absolute Gasteiger partial charge is 0.238 e. The molecule has 0 bridgehead atoms. The summed E-state index contributed by atoms with van der Waals surface area (Å²) in [5, 5.41) is 0. The van der Waals surface area contributed by atoms with Gasteiger partial charge >= 0.3 is 0 Å². The summed E-state index contributed by atoms with van der Waals surface area (Å²) < 4.78 is 5.30. The summed E-state index contributed by atoms with van der Waals surface area (Å²) in [5.74, 6) is -0.0387. The van der Waals surface area contributed by atoms with E-state index in [1.165, 1.54) is 10.5 Å². The van der Waals surface area contributed by atoms with Crippen LogP contribution in [0.3, 0.4) is 0 Å². The molecular weight excluding hydrogens is 266 g/mol. The second kappa shape index (κ2) is 5.02. The van der Waals surface area contributed by atoms with Crippen LogP contribution >= 0.6 is 0 Å². The van der Waals surface area contributed by atoms with Crippen LogP contribution in [0.4, 0.5) is 5.69 Å². The molecule has 2 amide bonds. The predicted octanol–water partition coefficient (Wildman–Crippen LogP) is 2.79. The molecule has 3 atom stereocenters. The summed E-state index contributed by atoms with van der Waals surface area (Å²) in [6.07, 6.45) is 2.78. The van der Waals surface area contributed by atoms with Crippen LogP contribution in [0.2, 0.25) is 0 Å². The molecule has 3 rings (SSSR count). The number of carbonyl (C=O) groups excluding carboxylic acids is 2. The first kappa shape index (κ1) is 13.9. The first-order chi connectivity index (χ1) is 10.0. The fourth-order valence-electron chi connectivity index (χ4n) is 3.57. The van der Waals surface area contributed by atoms with E-state index in [-0.39, 0.29) is 29.6 Å². The van der Waals surface area contributed by atoms with Crippen LogP contribution in [0.15, 0.2) is 35.9 Å². The van der Waals surface area contributed by atoms with E-state index in [2.05, 4.69) is 6.08 Å². The third-order valence-corrected chi connectivity index (χ3v) is 4.46. The lowest BCUT2D eigenvalue weighted by atomic mass is 9.76. The van der Waals surface area contributed by atoms with Crippen LogP contribution < -0.4 is 9.64 Å². The number of hydrogen-bond acceptors (Lipinski definition) is 3. The standard InChI is InChI=1S/C17H19NO3/c1-10-8-11(2)15-12(9-10)16(19)18(17(15)20)13-6-4-5-7-14(13)21-3/h4-8,11-12,15H,9H2,1-3H3/t11-,12+,15-/m0/s1. The monoisotopic (exact) mass is 285 g/mol. The van der Waals surface area contributed by atoms with Gasteiger partial charge in [0, 0.05) is 0 Å². The van der Waals surface area contributed by atoms with Crippen molar-refractivity contribution in [2.75, 3.05) is 12.0 Å². The van der Waals surface area contributed by atoms with E-state index in [0.717, 1.165) is 0 Å². The highest BCUT2D eigenvalue weighted by Crippen LogP contribution is 2.44. The number of anilines is 1. The van der Waals surface area contributed by atoms with Gasteiger partial charge in [0.2, 0.25) is 11.8 Å². The number of fused-ring (bicyclic) bond motifs is 1. The maximum atomic E-state index is 12.8. The summed E-state index contributed by atoms with van der Waals surface area (Å²) in [6.45, 7) is 4.04. The Hall–Kier alpha value is -2.10. The molecule has 1 aliphatic carbocycles. The molecule has 0 aromatic heterocycles. The number of allylic oxidation sites excluding steroid dienone is 2. The fourth-order valence-corrected chi connectivity index (χ4v) is 3.57. The zero-order valence-electron chi connectivity index (χ0n) is 12.5. The van der Waals surface area contributed by atoms with Gasteiger partial charge in [0.1, 0.15) is 5.75 Å². The maximum Gasteiger partial charge on any atom is 0.238 e. The molecule has 2 aliphatic rings. The molecule has 110 valence electrons. The molecule has 0 radical (unpaired) electrons. The summed E-state index contributed by atoms with van der Waals surface area (Å²) in [4.78, 5) is 26.8. The van der Waals surface area contributed by atoms with Gasteiger partial charge in [-0.3, -0.25) is 9.59 Å². The Kier molecular flexibility index (Phi) is 3.32. The second-order valence-corrected chi connectivity index (χ2v) is 5.89. The van der Waals surface area contributed by atoms with Crippen molar-refractivity contribution < 1.29 is 14.3 Å². The van der Waals surface area contributed by atoms with Crippen molar-refractivity contribution in [3.8, 4) is 5.75 Å². The van der Waals surface area contributed by atoms with Crippen molar-refractivity contribution in [1.29, 1.82) is 0 Å². The third-order valence-electron chi connectivity index (χ3n) is 4.46. The highest BCUT2D eigenvalue weighted by molar-refractivity contribution is 6.23. The van der Waals surface area contributed by atoms with E-state index in [0.29, 0.717) is 17.9 Å². The van der Waals surface area contributed by atoms with Gasteiger partial charge < -0.3 is 4.74 Å². The van der Waals surface area contributed by atoms with Crippen LogP contribution in [0.5, 0.6) is 5.75 Å². The summed E-state index contributed by atoms with van der Waals surface area (Å²) in [6, 6.07) is 7.17. The van der Waals surface area contributed by atoms with E-state index in [4.69, 9.17) is 4.74 Å². The van der Waals surface area contributed by atoms with Crippen LogP contribution in [-0.4, -0.2) is 18.9 Å². The number of rotatable bonds is 2.